The van der Waals surface area contributed by atoms with Gasteiger partial charge in [-0.05, 0) is 50.3 Å². The fourth-order valence-corrected chi connectivity index (χ4v) is 4.24. The van der Waals surface area contributed by atoms with Gasteiger partial charge in [-0.1, -0.05) is 29.3 Å². The van der Waals surface area contributed by atoms with Crippen LogP contribution in [0.5, 0.6) is 0 Å². The molecule has 10 heteroatoms. The molecule has 1 aliphatic rings. The van der Waals surface area contributed by atoms with Gasteiger partial charge in [-0.2, -0.15) is 5.10 Å². The largest absolute Gasteiger partial charge is 0.375 e. The maximum atomic E-state index is 14.7. The van der Waals surface area contributed by atoms with E-state index in [1.807, 2.05) is 30.1 Å². The van der Waals surface area contributed by atoms with E-state index in [4.69, 9.17) is 28.9 Å². The normalized spacial score (nSPS) is 15.1. The summed E-state index contributed by atoms with van der Waals surface area (Å²) in [5.74, 6) is -1.08. The lowest BCUT2D eigenvalue weighted by Crippen LogP contribution is -2.43. The second-order valence-electron chi connectivity index (χ2n) is 7.39. The van der Waals surface area contributed by atoms with E-state index in [2.05, 4.69) is 27.6 Å². The van der Waals surface area contributed by atoms with Crippen molar-refractivity contribution in [2.75, 3.05) is 25.0 Å². The molecule has 0 unspecified atom stereocenters. The van der Waals surface area contributed by atoms with Crippen molar-refractivity contribution in [1.29, 1.82) is 0 Å². The summed E-state index contributed by atoms with van der Waals surface area (Å²) < 4.78 is 29.1. The van der Waals surface area contributed by atoms with Gasteiger partial charge in [0.1, 0.15) is 11.6 Å². The lowest BCUT2D eigenvalue weighted by molar-refractivity contribution is 0.200. The predicted molar refractivity (Wildman–Crippen MR) is 127 cm³/mol. The summed E-state index contributed by atoms with van der Waals surface area (Å²) in [6.07, 6.45) is 2.75. The molecule has 5 nitrogen and oxygen atoms in total. The van der Waals surface area contributed by atoms with Crippen LogP contribution in [-0.4, -0.2) is 42.4 Å². The first-order chi connectivity index (χ1) is 14.8. The summed E-state index contributed by atoms with van der Waals surface area (Å²) in [6.45, 7) is 1.84. The van der Waals surface area contributed by atoms with E-state index >= 15 is 0 Å². The molecule has 0 aromatic heterocycles. The number of halogens is 4. The van der Waals surface area contributed by atoms with Gasteiger partial charge in [0.05, 0.1) is 11.9 Å². The van der Waals surface area contributed by atoms with Crippen molar-refractivity contribution < 1.29 is 8.78 Å². The summed E-state index contributed by atoms with van der Waals surface area (Å²) in [5.41, 5.74) is 8.72. The molecule has 2 aromatic rings. The van der Waals surface area contributed by atoms with Crippen LogP contribution in [0.2, 0.25) is 10.0 Å². The SMILES string of the molecule is CN(Cc1c(Cl)cccc1Cl)C1CCN(c2cc(F)c(/C=N/NC(N)=S)cc2F)CC1. The number of nitrogens with zero attached hydrogens (tertiary/aromatic N) is 3. The average Bonchev–Trinajstić information content (AvgIpc) is 2.73. The molecular formula is C21H23Cl2F2N5S. The highest BCUT2D eigenvalue weighted by atomic mass is 35.5. The Kier molecular flexibility index (Phi) is 8.05. The quantitative estimate of drug-likeness (QED) is 0.357. The number of piperidine rings is 1. The highest BCUT2D eigenvalue weighted by Crippen LogP contribution is 2.29. The zero-order valence-corrected chi connectivity index (χ0v) is 19.2. The molecule has 1 aliphatic heterocycles. The fraction of sp³-hybridized carbons (Fsp3) is 0.333. The monoisotopic (exact) mass is 485 g/mol. The number of hydrogen-bond acceptors (Lipinski definition) is 4. The summed E-state index contributed by atoms with van der Waals surface area (Å²) in [7, 11) is 2.02. The number of thiocarbonyl (C=S) groups is 1. The summed E-state index contributed by atoms with van der Waals surface area (Å²) in [6, 6.07) is 8.07. The molecule has 0 bridgehead atoms. The minimum absolute atomic E-state index is 0.0104. The van der Waals surface area contributed by atoms with Crippen LogP contribution in [0.1, 0.15) is 24.0 Å². The molecule has 1 fully saturated rings. The van der Waals surface area contributed by atoms with Gasteiger partial charge in [-0.3, -0.25) is 10.3 Å². The smallest absolute Gasteiger partial charge is 0.184 e. The van der Waals surface area contributed by atoms with Crippen molar-refractivity contribution in [3.8, 4) is 0 Å². The molecule has 31 heavy (non-hydrogen) atoms. The molecule has 3 N–H and O–H groups in total. The third-order valence-electron chi connectivity index (χ3n) is 5.34. The van der Waals surface area contributed by atoms with Gasteiger partial charge >= 0.3 is 0 Å². The van der Waals surface area contributed by atoms with Gasteiger partial charge in [0, 0.05) is 52.9 Å². The molecule has 166 valence electrons. The van der Waals surface area contributed by atoms with E-state index in [9.17, 15) is 8.78 Å². The van der Waals surface area contributed by atoms with Crippen LogP contribution in [0.25, 0.3) is 0 Å². The van der Waals surface area contributed by atoms with Crippen LogP contribution in [0.15, 0.2) is 35.4 Å². The van der Waals surface area contributed by atoms with Crippen LogP contribution in [0.4, 0.5) is 14.5 Å². The van der Waals surface area contributed by atoms with E-state index in [1.54, 1.807) is 0 Å². The molecule has 0 atom stereocenters. The van der Waals surface area contributed by atoms with Crippen LogP contribution in [0, 0.1) is 11.6 Å². The van der Waals surface area contributed by atoms with Crippen molar-refractivity contribution >= 4 is 52.4 Å². The number of rotatable bonds is 6. The number of nitrogens with two attached hydrogens (primary N) is 1. The van der Waals surface area contributed by atoms with Gasteiger partial charge in [0.15, 0.2) is 5.11 Å². The molecule has 3 rings (SSSR count). The first-order valence-corrected chi connectivity index (χ1v) is 10.9. The van der Waals surface area contributed by atoms with Crippen molar-refractivity contribution in [2.24, 2.45) is 10.8 Å². The molecular weight excluding hydrogens is 463 g/mol. The first kappa shape index (κ1) is 23.7. The van der Waals surface area contributed by atoms with Crippen LogP contribution in [0.3, 0.4) is 0 Å². The Labute approximate surface area is 195 Å². The Morgan fingerprint density at radius 1 is 1.26 bits per heavy atom. The highest BCUT2D eigenvalue weighted by molar-refractivity contribution is 7.80. The molecule has 2 aromatic carbocycles. The fourth-order valence-electron chi connectivity index (χ4n) is 3.67. The highest BCUT2D eigenvalue weighted by Gasteiger charge is 2.25. The number of benzene rings is 2. The Balaban J connectivity index is 1.63. The molecule has 0 radical (unpaired) electrons. The van der Waals surface area contributed by atoms with Crippen molar-refractivity contribution in [3.05, 3.63) is 63.1 Å². The zero-order valence-electron chi connectivity index (χ0n) is 16.9. The maximum absolute atomic E-state index is 14.7. The Morgan fingerprint density at radius 3 is 2.52 bits per heavy atom. The molecule has 0 aliphatic carbocycles. The second kappa shape index (κ2) is 10.5. The van der Waals surface area contributed by atoms with E-state index in [-0.39, 0.29) is 22.4 Å². The van der Waals surface area contributed by atoms with Crippen LogP contribution < -0.4 is 16.1 Å². The summed E-state index contributed by atoms with van der Waals surface area (Å²) in [5, 5.41) is 4.90. The molecule has 0 spiro atoms. The van der Waals surface area contributed by atoms with Crippen LogP contribution >= 0.6 is 35.4 Å². The molecule has 1 heterocycles. The molecule has 1 saturated heterocycles. The topological polar surface area (TPSA) is 56.9 Å². The second-order valence-corrected chi connectivity index (χ2v) is 8.65. The van der Waals surface area contributed by atoms with Crippen LogP contribution in [-0.2, 0) is 6.54 Å². The number of hydrazone groups is 1. The lowest BCUT2D eigenvalue weighted by atomic mass is 10.0. The van der Waals surface area contributed by atoms with Crippen molar-refractivity contribution in [3.63, 3.8) is 0 Å². The number of nitrogens with one attached hydrogen (secondary N) is 1. The van der Waals surface area contributed by atoms with E-state index in [0.717, 1.165) is 30.7 Å². The summed E-state index contributed by atoms with van der Waals surface area (Å²) in [4.78, 5) is 4.06. The van der Waals surface area contributed by atoms with Gasteiger partial charge in [0.25, 0.3) is 0 Å². The predicted octanol–water partition coefficient (Wildman–Crippen LogP) is 4.54. The van der Waals surface area contributed by atoms with Crippen molar-refractivity contribution in [1.82, 2.24) is 10.3 Å². The standard InChI is InChI=1S/C21H23Cl2F2N5S/c1-29(12-15-16(22)3-2-4-17(15)23)14-5-7-30(8-6-14)20-10-18(24)13(9-19(20)25)11-27-28-21(26)31/h2-4,9-11,14H,5-8,12H2,1H3,(H3,26,28,31)/b27-11+. The Morgan fingerprint density at radius 2 is 1.90 bits per heavy atom. The first-order valence-electron chi connectivity index (χ1n) is 9.72. The van der Waals surface area contributed by atoms with E-state index in [0.29, 0.717) is 29.7 Å². The maximum Gasteiger partial charge on any atom is 0.184 e. The van der Waals surface area contributed by atoms with Gasteiger partial charge in [-0.25, -0.2) is 8.78 Å². The molecule has 0 saturated carbocycles. The number of hydrogen-bond donors (Lipinski definition) is 2. The van der Waals surface area contributed by atoms with Gasteiger partial charge in [-0.15, -0.1) is 0 Å². The lowest BCUT2D eigenvalue weighted by Gasteiger charge is -2.38. The number of anilines is 1. The van der Waals surface area contributed by atoms with E-state index in [1.165, 1.54) is 6.07 Å². The third-order valence-corrected chi connectivity index (χ3v) is 6.14. The minimum Gasteiger partial charge on any atom is -0.375 e. The third kappa shape index (κ3) is 6.04. The summed E-state index contributed by atoms with van der Waals surface area (Å²) >= 11 is 17.2. The van der Waals surface area contributed by atoms with Gasteiger partial charge < -0.3 is 10.6 Å². The molecule has 0 amide bonds. The van der Waals surface area contributed by atoms with E-state index < -0.39 is 11.6 Å². The average molecular weight is 486 g/mol. The van der Waals surface area contributed by atoms with Crippen molar-refractivity contribution in [2.45, 2.75) is 25.4 Å². The zero-order chi connectivity index (χ0) is 22.5. The Bertz CT molecular complexity index is 960. The Hall–Kier alpha value is -2.00. The van der Waals surface area contributed by atoms with Gasteiger partial charge in [0.2, 0.25) is 0 Å². The minimum atomic E-state index is -0.572.